The molecule has 4 nitrogen and oxygen atoms in total. The lowest BCUT2D eigenvalue weighted by Gasteiger charge is -2.47. The van der Waals surface area contributed by atoms with E-state index >= 15 is 0 Å². The normalized spacial score (nSPS) is 14.9. The maximum atomic E-state index is 3.06. The monoisotopic (exact) mass is 1010 g/mol. The molecule has 1 saturated heterocycles. The SMILES string of the molecule is CCCCCCC/C=C/CCCN(CCCCCCCCCCCC)CCN1CCN(CCCCCCCCCCCC)C(N(CCCCCCCCCCCC)CCCCCCCCCCCCCC)C1. The molecule has 1 fully saturated rings. The van der Waals surface area contributed by atoms with Crippen LogP contribution in [0.5, 0.6) is 0 Å². The van der Waals surface area contributed by atoms with Gasteiger partial charge in [0.15, 0.2) is 0 Å². The number of piperazine rings is 1. The Morgan fingerprint density at radius 1 is 0.292 bits per heavy atom. The first kappa shape index (κ1) is 69.6. The average Bonchev–Trinajstić information content (AvgIpc) is 3.39. The van der Waals surface area contributed by atoms with E-state index in [0.717, 1.165) is 0 Å². The maximum Gasteiger partial charge on any atom is 0.0754 e. The van der Waals surface area contributed by atoms with Gasteiger partial charge in [0.05, 0.1) is 6.17 Å². The van der Waals surface area contributed by atoms with E-state index in [9.17, 15) is 0 Å². The Hall–Kier alpha value is -0.420. The van der Waals surface area contributed by atoms with E-state index in [1.807, 2.05) is 0 Å². The quantitative estimate of drug-likeness (QED) is 0.0445. The fourth-order valence-corrected chi connectivity index (χ4v) is 11.8. The molecule has 4 heteroatoms. The highest BCUT2D eigenvalue weighted by molar-refractivity contribution is 4.85. The Morgan fingerprint density at radius 3 is 0.986 bits per heavy atom. The molecule has 1 atom stereocenters. The summed E-state index contributed by atoms with van der Waals surface area (Å²) in [4.78, 5) is 11.9. The summed E-state index contributed by atoms with van der Waals surface area (Å²) < 4.78 is 0. The van der Waals surface area contributed by atoms with Gasteiger partial charge in [0.1, 0.15) is 0 Å². The molecule has 0 saturated carbocycles. The third-order valence-electron chi connectivity index (χ3n) is 16.9. The Balaban J connectivity index is 2.97. The van der Waals surface area contributed by atoms with Crippen molar-refractivity contribution in [1.82, 2.24) is 19.6 Å². The molecule has 72 heavy (non-hydrogen) atoms. The number of nitrogens with zero attached hydrogens (tertiary/aromatic N) is 4. The zero-order valence-electron chi connectivity index (χ0n) is 50.9. The molecule has 1 unspecified atom stereocenters. The first-order chi connectivity index (χ1) is 35.7. The summed E-state index contributed by atoms with van der Waals surface area (Å²) in [6, 6.07) is 0. The minimum Gasteiger partial charge on any atom is -0.302 e. The third kappa shape index (κ3) is 46.8. The van der Waals surface area contributed by atoms with Crippen molar-refractivity contribution in [2.45, 2.75) is 362 Å². The van der Waals surface area contributed by atoms with Crippen LogP contribution >= 0.6 is 0 Å². The van der Waals surface area contributed by atoms with Gasteiger partial charge in [-0.3, -0.25) is 14.7 Å². The molecule has 0 bridgehead atoms. The lowest BCUT2D eigenvalue weighted by atomic mass is 10.0. The van der Waals surface area contributed by atoms with E-state index in [0.29, 0.717) is 6.17 Å². The first-order valence-electron chi connectivity index (χ1n) is 34.3. The first-order valence-corrected chi connectivity index (χ1v) is 34.3. The van der Waals surface area contributed by atoms with E-state index < -0.39 is 0 Å². The van der Waals surface area contributed by atoms with Crippen LogP contribution in [-0.4, -0.2) is 91.2 Å². The smallest absolute Gasteiger partial charge is 0.0754 e. The summed E-state index contributed by atoms with van der Waals surface area (Å²) in [6.45, 7) is 24.6. The standard InChI is InChI=1S/C68H138N4/c1-6-11-16-21-26-31-36-37-42-46-51-56-61-71(60-55-50-45-40-34-29-24-19-14-9-4)68-67-70(65-66-72(68)62-57-52-47-41-35-30-25-20-15-10-5)64-63-69(58-53-48-43-38-32-27-22-17-12-7-2)59-54-49-44-39-33-28-23-18-13-8-3/h38,43,68H,6-37,39-42,44-67H2,1-5H3/b43-38+. The number of unbranched alkanes of at least 4 members (excludes halogenated alkanes) is 44. The van der Waals surface area contributed by atoms with Crippen molar-refractivity contribution in [3.8, 4) is 0 Å². The molecule has 1 rings (SSSR count). The van der Waals surface area contributed by atoms with Crippen molar-refractivity contribution in [3.05, 3.63) is 12.2 Å². The number of allylic oxidation sites excluding steroid dienone is 2. The van der Waals surface area contributed by atoms with Gasteiger partial charge < -0.3 is 4.90 Å². The molecule has 430 valence electrons. The van der Waals surface area contributed by atoms with Gasteiger partial charge in [-0.1, -0.05) is 316 Å². The molecular weight excluding hydrogens is 873 g/mol. The molecule has 1 aliphatic heterocycles. The summed E-state index contributed by atoms with van der Waals surface area (Å²) in [7, 11) is 0. The molecular formula is C68H138N4. The molecule has 0 aromatic rings. The van der Waals surface area contributed by atoms with Crippen molar-refractivity contribution < 1.29 is 0 Å². The van der Waals surface area contributed by atoms with Crippen molar-refractivity contribution in [2.24, 2.45) is 0 Å². The average molecular weight is 1010 g/mol. The van der Waals surface area contributed by atoms with Gasteiger partial charge in [-0.05, 0) is 84.1 Å². The summed E-state index contributed by atoms with van der Waals surface area (Å²) in [5, 5.41) is 0. The van der Waals surface area contributed by atoms with Crippen LogP contribution in [0.2, 0.25) is 0 Å². The molecule has 0 aromatic heterocycles. The molecule has 0 aromatic carbocycles. The third-order valence-corrected chi connectivity index (χ3v) is 16.9. The lowest BCUT2D eigenvalue weighted by Crippen LogP contribution is -2.61. The molecule has 0 radical (unpaired) electrons. The number of hydrogen-bond acceptors (Lipinski definition) is 4. The van der Waals surface area contributed by atoms with Crippen LogP contribution in [-0.2, 0) is 0 Å². The van der Waals surface area contributed by atoms with Crippen LogP contribution in [0.1, 0.15) is 356 Å². The summed E-state index contributed by atoms with van der Waals surface area (Å²) >= 11 is 0. The van der Waals surface area contributed by atoms with Crippen LogP contribution in [0.3, 0.4) is 0 Å². The van der Waals surface area contributed by atoms with E-state index in [2.05, 4.69) is 66.4 Å². The number of hydrogen-bond donors (Lipinski definition) is 0. The summed E-state index contributed by atoms with van der Waals surface area (Å²) in [5.74, 6) is 0. The molecule has 1 heterocycles. The molecule has 0 N–H and O–H groups in total. The van der Waals surface area contributed by atoms with Crippen LogP contribution in [0.4, 0.5) is 0 Å². The molecule has 0 aliphatic carbocycles. The van der Waals surface area contributed by atoms with Gasteiger partial charge in [-0.15, -0.1) is 0 Å². The maximum absolute atomic E-state index is 3.06. The van der Waals surface area contributed by atoms with E-state index in [4.69, 9.17) is 0 Å². The second-order valence-electron chi connectivity index (χ2n) is 23.9. The van der Waals surface area contributed by atoms with Crippen molar-refractivity contribution in [3.63, 3.8) is 0 Å². The van der Waals surface area contributed by atoms with Crippen molar-refractivity contribution in [1.29, 1.82) is 0 Å². The van der Waals surface area contributed by atoms with E-state index in [-0.39, 0.29) is 0 Å². The lowest BCUT2D eigenvalue weighted by molar-refractivity contribution is -0.0267. The minimum atomic E-state index is 0.603. The molecule has 0 amide bonds. The van der Waals surface area contributed by atoms with Gasteiger partial charge in [0, 0.05) is 32.7 Å². The topological polar surface area (TPSA) is 13.0 Å². The highest BCUT2D eigenvalue weighted by Gasteiger charge is 2.31. The zero-order chi connectivity index (χ0) is 51.7. The van der Waals surface area contributed by atoms with Crippen LogP contribution < -0.4 is 0 Å². The van der Waals surface area contributed by atoms with E-state index in [1.54, 1.807) is 0 Å². The Morgan fingerprint density at radius 2 is 0.597 bits per heavy atom. The zero-order valence-corrected chi connectivity index (χ0v) is 50.9. The Kier molecular flexibility index (Phi) is 56.3. The summed E-state index contributed by atoms with van der Waals surface area (Å²) in [5.41, 5.74) is 0. The largest absolute Gasteiger partial charge is 0.302 e. The fourth-order valence-electron chi connectivity index (χ4n) is 11.8. The highest BCUT2D eigenvalue weighted by Crippen LogP contribution is 2.21. The predicted octanol–water partition coefficient (Wildman–Crippen LogP) is 21.7. The van der Waals surface area contributed by atoms with Crippen molar-refractivity contribution >= 4 is 0 Å². The summed E-state index contributed by atoms with van der Waals surface area (Å²) in [6.07, 6.45) is 76.9. The van der Waals surface area contributed by atoms with Crippen LogP contribution in [0, 0.1) is 0 Å². The Bertz CT molecular complexity index is 1030. The number of rotatable bonds is 60. The second kappa shape index (κ2) is 58.3. The van der Waals surface area contributed by atoms with Gasteiger partial charge in [-0.25, -0.2) is 0 Å². The van der Waals surface area contributed by atoms with Crippen molar-refractivity contribution in [2.75, 3.05) is 65.4 Å². The van der Waals surface area contributed by atoms with Crippen LogP contribution in [0.25, 0.3) is 0 Å². The Labute approximate surface area is 457 Å². The van der Waals surface area contributed by atoms with Crippen LogP contribution in [0.15, 0.2) is 12.2 Å². The van der Waals surface area contributed by atoms with Gasteiger partial charge in [0.2, 0.25) is 0 Å². The minimum absolute atomic E-state index is 0.603. The second-order valence-corrected chi connectivity index (χ2v) is 23.9. The predicted molar refractivity (Wildman–Crippen MR) is 328 cm³/mol. The molecule has 1 aliphatic rings. The highest BCUT2D eigenvalue weighted by atomic mass is 15.4. The van der Waals surface area contributed by atoms with Gasteiger partial charge in [-0.2, -0.15) is 0 Å². The van der Waals surface area contributed by atoms with E-state index in [1.165, 1.54) is 386 Å². The van der Waals surface area contributed by atoms with Gasteiger partial charge in [0.25, 0.3) is 0 Å². The molecule has 0 spiro atoms. The van der Waals surface area contributed by atoms with Gasteiger partial charge >= 0.3 is 0 Å². The fraction of sp³-hybridized carbons (Fsp3) is 0.971.